The minimum Gasteiger partial charge on any atom is -0.481 e. The van der Waals surface area contributed by atoms with Crippen LogP contribution in [0.25, 0.3) is 5.76 Å². The standard InChI is InChI=1S/C18H16O3/c19-15(13-7-3-1-4-8-13)11-18-16(20)12-17(21-18)14-9-5-2-6-10-14/h2-3,5-10,12,18H,1,4,11H2. The lowest BCUT2D eigenvalue weighted by molar-refractivity contribution is -0.125. The van der Waals surface area contributed by atoms with Crippen LogP contribution in [0.5, 0.6) is 0 Å². The highest BCUT2D eigenvalue weighted by Gasteiger charge is 2.30. The molecule has 3 heteroatoms. The molecule has 0 amide bonds. The highest BCUT2D eigenvalue weighted by Crippen LogP contribution is 2.26. The Bertz CT molecular complexity index is 650. The largest absolute Gasteiger partial charge is 0.481 e. The molecule has 0 aromatic heterocycles. The molecule has 0 saturated carbocycles. The van der Waals surface area contributed by atoms with E-state index in [0.29, 0.717) is 11.3 Å². The van der Waals surface area contributed by atoms with Crippen molar-refractivity contribution in [2.24, 2.45) is 0 Å². The number of hydrogen-bond acceptors (Lipinski definition) is 3. The molecule has 1 aromatic carbocycles. The van der Waals surface area contributed by atoms with E-state index in [1.54, 1.807) is 0 Å². The summed E-state index contributed by atoms with van der Waals surface area (Å²) < 4.78 is 5.66. The van der Waals surface area contributed by atoms with E-state index in [4.69, 9.17) is 4.74 Å². The van der Waals surface area contributed by atoms with Crippen molar-refractivity contribution in [1.29, 1.82) is 0 Å². The lowest BCUT2D eigenvalue weighted by Gasteiger charge is -2.12. The first-order valence-electron chi connectivity index (χ1n) is 7.11. The lowest BCUT2D eigenvalue weighted by atomic mass is 9.98. The molecule has 0 bridgehead atoms. The molecule has 0 radical (unpaired) electrons. The SMILES string of the molecule is O=C(CC1OC(c2ccccc2)=CC1=O)C1=CCCC=C1. The van der Waals surface area contributed by atoms with Crippen molar-refractivity contribution in [3.8, 4) is 0 Å². The quantitative estimate of drug-likeness (QED) is 0.850. The normalized spacial score (nSPS) is 20.8. The van der Waals surface area contributed by atoms with Crippen LogP contribution >= 0.6 is 0 Å². The fourth-order valence-electron chi connectivity index (χ4n) is 2.47. The summed E-state index contributed by atoms with van der Waals surface area (Å²) >= 11 is 0. The van der Waals surface area contributed by atoms with E-state index >= 15 is 0 Å². The van der Waals surface area contributed by atoms with E-state index in [0.717, 1.165) is 18.4 Å². The van der Waals surface area contributed by atoms with E-state index in [2.05, 4.69) is 0 Å². The van der Waals surface area contributed by atoms with Gasteiger partial charge in [0.05, 0.1) is 6.42 Å². The van der Waals surface area contributed by atoms with Crippen LogP contribution in [0.4, 0.5) is 0 Å². The molecule has 1 aromatic rings. The van der Waals surface area contributed by atoms with Gasteiger partial charge < -0.3 is 4.74 Å². The number of hydrogen-bond donors (Lipinski definition) is 0. The number of carbonyl (C=O) groups excluding carboxylic acids is 2. The van der Waals surface area contributed by atoms with Gasteiger partial charge in [-0.1, -0.05) is 48.6 Å². The molecule has 0 saturated heterocycles. The Hall–Kier alpha value is -2.42. The minimum atomic E-state index is -0.691. The molecular formula is C18H16O3. The zero-order chi connectivity index (χ0) is 14.7. The summed E-state index contributed by atoms with van der Waals surface area (Å²) in [6.07, 6.45) is 8.48. The number of allylic oxidation sites excluding steroid dienone is 4. The summed E-state index contributed by atoms with van der Waals surface area (Å²) in [5.41, 5.74) is 1.54. The topological polar surface area (TPSA) is 43.4 Å². The Morgan fingerprint density at radius 3 is 2.71 bits per heavy atom. The first-order chi connectivity index (χ1) is 10.2. The van der Waals surface area contributed by atoms with Gasteiger partial charge >= 0.3 is 0 Å². The summed E-state index contributed by atoms with van der Waals surface area (Å²) in [4.78, 5) is 24.2. The predicted molar refractivity (Wildman–Crippen MR) is 80.4 cm³/mol. The summed E-state index contributed by atoms with van der Waals surface area (Å²) in [5, 5.41) is 0. The molecule has 0 N–H and O–H groups in total. The fourth-order valence-corrected chi connectivity index (χ4v) is 2.47. The molecule has 106 valence electrons. The molecule has 1 heterocycles. The third kappa shape index (κ3) is 3.02. The average Bonchev–Trinajstić information content (AvgIpc) is 2.90. The van der Waals surface area contributed by atoms with Crippen LogP contribution in [0, 0.1) is 0 Å². The Morgan fingerprint density at radius 1 is 1.19 bits per heavy atom. The molecule has 1 aliphatic heterocycles. The van der Waals surface area contributed by atoms with Gasteiger partial charge in [-0.05, 0) is 12.8 Å². The van der Waals surface area contributed by atoms with Crippen molar-refractivity contribution in [2.75, 3.05) is 0 Å². The van der Waals surface area contributed by atoms with Gasteiger partial charge in [-0.2, -0.15) is 0 Å². The van der Waals surface area contributed by atoms with E-state index in [-0.39, 0.29) is 18.0 Å². The molecular weight excluding hydrogens is 264 g/mol. The van der Waals surface area contributed by atoms with Gasteiger partial charge in [-0.25, -0.2) is 0 Å². The third-order valence-electron chi connectivity index (χ3n) is 3.61. The van der Waals surface area contributed by atoms with Crippen molar-refractivity contribution in [1.82, 2.24) is 0 Å². The first kappa shape index (κ1) is 13.6. The van der Waals surface area contributed by atoms with Gasteiger partial charge in [-0.3, -0.25) is 9.59 Å². The summed E-state index contributed by atoms with van der Waals surface area (Å²) in [7, 11) is 0. The molecule has 1 aliphatic carbocycles. The van der Waals surface area contributed by atoms with Crippen LogP contribution in [0.3, 0.4) is 0 Å². The molecule has 1 unspecified atom stereocenters. The second-order valence-corrected chi connectivity index (χ2v) is 5.15. The minimum absolute atomic E-state index is 0.0352. The maximum Gasteiger partial charge on any atom is 0.200 e. The predicted octanol–water partition coefficient (Wildman–Crippen LogP) is 3.23. The fraction of sp³-hybridized carbons (Fsp3) is 0.222. The highest BCUT2D eigenvalue weighted by atomic mass is 16.5. The van der Waals surface area contributed by atoms with Crippen LogP contribution in [0.1, 0.15) is 24.8 Å². The van der Waals surface area contributed by atoms with Gasteiger partial charge in [-0.15, -0.1) is 0 Å². The number of Topliss-reactive ketones (excluding diaryl/α,β-unsaturated/α-hetero) is 1. The zero-order valence-electron chi connectivity index (χ0n) is 11.6. The third-order valence-corrected chi connectivity index (χ3v) is 3.61. The van der Waals surface area contributed by atoms with Gasteiger partial charge in [0, 0.05) is 17.2 Å². The van der Waals surface area contributed by atoms with Gasteiger partial charge in [0.15, 0.2) is 17.7 Å². The van der Waals surface area contributed by atoms with Crippen LogP contribution in [-0.4, -0.2) is 17.7 Å². The van der Waals surface area contributed by atoms with Gasteiger partial charge in [0.1, 0.15) is 5.76 Å². The van der Waals surface area contributed by atoms with Crippen molar-refractivity contribution in [3.63, 3.8) is 0 Å². The summed E-state index contributed by atoms with van der Waals surface area (Å²) in [6.45, 7) is 0. The van der Waals surface area contributed by atoms with Crippen LogP contribution in [-0.2, 0) is 14.3 Å². The van der Waals surface area contributed by atoms with Crippen molar-refractivity contribution in [2.45, 2.75) is 25.4 Å². The van der Waals surface area contributed by atoms with Crippen molar-refractivity contribution >= 4 is 17.3 Å². The van der Waals surface area contributed by atoms with E-state index in [1.807, 2.05) is 48.6 Å². The zero-order valence-corrected chi connectivity index (χ0v) is 11.6. The monoisotopic (exact) mass is 280 g/mol. The second-order valence-electron chi connectivity index (χ2n) is 5.15. The highest BCUT2D eigenvalue weighted by molar-refractivity contribution is 6.07. The Kier molecular flexibility index (Phi) is 3.82. The Morgan fingerprint density at radius 2 is 2.00 bits per heavy atom. The molecule has 1 atom stereocenters. The second kappa shape index (κ2) is 5.92. The molecule has 21 heavy (non-hydrogen) atoms. The summed E-state index contributed by atoms with van der Waals surface area (Å²) in [5.74, 6) is 0.376. The molecule has 2 aliphatic rings. The van der Waals surface area contributed by atoms with Gasteiger partial charge in [0.25, 0.3) is 0 Å². The maximum atomic E-state index is 12.2. The number of rotatable bonds is 4. The first-order valence-corrected chi connectivity index (χ1v) is 7.11. The number of ether oxygens (including phenoxy) is 1. The van der Waals surface area contributed by atoms with Crippen molar-refractivity contribution in [3.05, 3.63) is 65.8 Å². The number of ketones is 2. The van der Waals surface area contributed by atoms with Gasteiger partial charge in [0.2, 0.25) is 0 Å². The van der Waals surface area contributed by atoms with E-state index in [1.165, 1.54) is 6.08 Å². The maximum absolute atomic E-state index is 12.2. The number of benzene rings is 1. The molecule has 0 spiro atoms. The van der Waals surface area contributed by atoms with Crippen LogP contribution in [0.15, 0.2) is 60.2 Å². The van der Waals surface area contributed by atoms with E-state index < -0.39 is 6.10 Å². The van der Waals surface area contributed by atoms with Crippen LogP contribution < -0.4 is 0 Å². The molecule has 3 rings (SSSR count). The average molecular weight is 280 g/mol. The number of carbonyl (C=O) groups is 2. The van der Waals surface area contributed by atoms with Crippen molar-refractivity contribution < 1.29 is 14.3 Å². The van der Waals surface area contributed by atoms with Crippen LogP contribution in [0.2, 0.25) is 0 Å². The molecule has 0 fully saturated rings. The van der Waals surface area contributed by atoms with E-state index in [9.17, 15) is 9.59 Å². The molecule has 3 nitrogen and oxygen atoms in total. The Labute approximate surface area is 123 Å². The smallest absolute Gasteiger partial charge is 0.200 e. The summed E-state index contributed by atoms with van der Waals surface area (Å²) in [6, 6.07) is 9.45. The lowest BCUT2D eigenvalue weighted by Crippen LogP contribution is -2.21. The Balaban J connectivity index is 1.67.